The van der Waals surface area contributed by atoms with Gasteiger partial charge in [-0.2, -0.15) is 0 Å². The number of amides is 1. The van der Waals surface area contributed by atoms with Gasteiger partial charge in [-0.15, -0.1) is 0 Å². The smallest absolute Gasteiger partial charge is 0.257 e. The molecular formula is C20H22BrN3O2S. The Bertz CT molecular complexity index is 808. The van der Waals surface area contributed by atoms with Gasteiger partial charge in [-0.3, -0.25) is 15.0 Å². The molecule has 0 unspecified atom stereocenters. The summed E-state index contributed by atoms with van der Waals surface area (Å²) in [6.45, 7) is 4.38. The second-order valence-electron chi connectivity index (χ2n) is 6.36. The van der Waals surface area contributed by atoms with Crippen molar-refractivity contribution >= 4 is 39.2 Å². The van der Waals surface area contributed by atoms with Crippen LogP contribution in [0.3, 0.4) is 0 Å². The Morgan fingerprint density at radius 2 is 1.85 bits per heavy atom. The monoisotopic (exact) mass is 447 g/mol. The second kappa shape index (κ2) is 9.30. The first-order valence-electron chi connectivity index (χ1n) is 8.77. The van der Waals surface area contributed by atoms with E-state index >= 15 is 0 Å². The van der Waals surface area contributed by atoms with Crippen LogP contribution in [0.15, 0.2) is 53.0 Å². The van der Waals surface area contributed by atoms with Crippen LogP contribution in [-0.2, 0) is 6.54 Å². The minimum absolute atomic E-state index is 0.213. The van der Waals surface area contributed by atoms with Crippen LogP contribution >= 0.6 is 28.1 Å². The van der Waals surface area contributed by atoms with Crippen molar-refractivity contribution in [2.24, 2.45) is 0 Å². The third-order valence-electron chi connectivity index (χ3n) is 4.54. The summed E-state index contributed by atoms with van der Waals surface area (Å²) in [7, 11) is 1.59. The fourth-order valence-electron chi connectivity index (χ4n) is 3.01. The Morgan fingerprint density at radius 3 is 2.48 bits per heavy atom. The number of rotatable bonds is 4. The molecule has 0 atom stereocenters. The average Bonchev–Trinajstić information content (AvgIpc) is 2.69. The van der Waals surface area contributed by atoms with E-state index in [-0.39, 0.29) is 5.91 Å². The van der Waals surface area contributed by atoms with Gasteiger partial charge in [-0.1, -0.05) is 30.3 Å². The van der Waals surface area contributed by atoms with Gasteiger partial charge in [-0.05, 0) is 51.9 Å². The van der Waals surface area contributed by atoms with Crippen molar-refractivity contribution in [2.75, 3.05) is 33.3 Å². The van der Waals surface area contributed by atoms with E-state index in [4.69, 9.17) is 17.0 Å². The van der Waals surface area contributed by atoms with Crippen molar-refractivity contribution in [1.82, 2.24) is 15.1 Å². The number of carbonyl (C=O) groups excluding carboxylic acids is 1. The average molecular weight is 448 g/mol. The van der Waals surface area contributed by atoms with E-state index in [9.17, 15) is 4.79 Å². The molecule has 2 aromatic rings. The summed E-state index contributed by atoms with van der Waals surface area (Å²) in [5.41, 5.74) is 1.85. The molecule has 7 heteroatoms. The maximum absolute atomic E-state index is 12.5. The summed E-state index contributed by atoms with van der Waals surface area (Å²) in [6.07, 6.45) is 0. The standard InChI is InChI=1S/C20H22BrN3O2S/c1-26-18-8-7-16(13-17(18)21)19(25)22-20(27)24-11-9-23(10-12-24)14-15-5-3-2-4-6-15/h2-8,13H,9-12,14H2,1H3,(H,22,25,27). The lowest BCUT2D eigenvalue weighted by molar-refractivity contribution is 0.0969. The first-order chi connectivity index (χ1) is 13.1. The number of nitrogens with one attached hydrogen (secondary N) is 1. The number of halogens is 1. The van der Waals surface area contributed by atoms with Crippen LogP contribution in [0.25, 0.3) is 0 Å². The fraction of sp³-hybridized carbons (Fsp3) is 0.300. The van der Waals surface area contributed by atoms with E-state index in [2.05, 4.69) is 50.4 Å². The molecule has 2 aromatic carbocycles. The summed E-state index contributed by atoms with van der Waals surface area (Å²) < 4.78 is 5.93. The van der Waals surface area contributed by atoms with E-state index in [1.54, 1.807) is 25.3 Å². The Kier molecular flexibility index (Phi) is 6.82. The predicted octanol–water partition coefficient (Wildman–Crippen LogP) is 3.29. The number of benzene rings is 2. The molecule has 1 aliphatic rings. The lowest BCUT2D eigenvalue weighted by Gasteiger charge is -2.36. The molecule has 142 valence electrons. The largest absolute Gasteiger partial charge is 0.496 e. The van der Waals surface area contributed by atoms with Gasteiger partial charge in [0.15, 0.2) is 5.11 Å². The molecule has 0 aromatic heterocycles. The molecular weight excluding hydrogens is 426 g/mol. The van der Waals surface area contributed by atoms with Crippen LogP contribution in [0.4, 0.5) is 0 Å². The fourth-order valence-corrected chi connectivity index (χ4v) is 3.82. The van der Waals surface area contributed by atoms with Gasteiger partial charge in [0.05, 0.1) is 11.6 Å². The van der Waals surface area contributed by atoms with Crippen LogP contribution in [0.2, 0.25) is 0 Å². The lowest BCUT2D eigenvalue weighted by Crippen LogP contribution is -2.52. The molecule has 1 N–H and O–H groups in total. The van der Waals surface area contributed by atoms with Gasteiger partial charge in [-0.25, -0.2) is 0 Å². The molecule has 1 fully saturated rings. The van der Waals surface area contributed by atoms with Crippen molar-refractivity contribution in [3.05, 3.63) is 64.1 Å². The molecule has 1 saturated heterocycles. The number of carbonyl (C=O) groups is 1. The molecule has 3 rings (SSSR count). The number of piperazine rings is 1. The number of thiocarbonyl (C=S) groups is 1. The SMILES string of the molecule is COc1ccc(C(=O)NC(=S)N2CCN(Cc3ccccc3)CC2)cc1Br. The predicted molar refractivity (Wildman–Crippen MR) is 114 cm³/mol. The quantitative estimate of drug-likeness (QED) is 0.728. The zero-order valence-electron chi connectivity index (χ0n) is 15.2. The van der Waals surface area contributed by atoms with Gasteiger partial charge in [0.1, 0.15) is 5.75 Å². The van der Waals surface area contributed by atoms with E-state index in [1.165, 1.54) is 5.56 Å². The van der Waals surface area contributed by atoms with Gasteiger partial charge in [0.25, 0.3) is 5.91 Å². The summed E-state index contributed by atoms with van der Waals surface area (Å²) in [5, 5.41) is 3.31. The highest BCUT2D eigenvalue weighted by Gasteiger charge is 2.20. The zero-order chi connectivity index (χ0) is 19.2. The molecule has 0 radical (unpaired) electrons. The second-order valence-corrected chi connectivity index (χ2v) is 7.60. The number of methoxy groups -OCH3 is 1. The maximum atomic E-state index is 12.5. The highest BCUT2D eigenvalue weighted by Crippen LogP contribution is 2.25. The Labute approximate surface area is 173 Å². The molecule has 0 spiro atoms. The van der Waals surface area contributed by atoms with Gasteiger partial charge < -0.3 is 9.64 Å². The van der Waals surface area contributed by atoms with Gasteiger partial charge >= 0.3 is 0 Å². The molecule has 1 heterocycles. The Balaban J connectivity index is 1.50. The van der Waals surface area contributed by atoms with Crippen LogP contribution in [-0.4, -0.2) is 54.1 Å². The highest BCUT2D eigenvalue weighted by atomic mass is 79.9. The van der Waals surface area contributed by atoms with E-state index < -0.39 is 0 Å². The van der Waals surface area contributed by atoms with E-state index in [0.717, 1.165) is 37.2 Å². The molecule has 1 aliphatic heterocycles. The van der Waals surface area contributed by atoms with Crippen molar-refractivity contribution in [2.45, 2.75) is 6.54 Å². The van der Waals surface area contributed by atoms with Crippen molar-refractivity contribution in [3.8, 4) is 5.75 Å². The first-order valence-corrected chi connectivity index (χ1v) is 9.97. The first kappa shape index (κ1) is 19.8. The van der Waals surface area contributed by atoms with Crippen LogP contribution in [0, 0.1) is 0 Å². The summed E-state index contributed by atoms with van der Waals surface area (Å²) >= 11 is 8.84. The van der Waals surface area contributed by atoms with Gasteiger partial charge in [0.2, 0.25) is 0 Å². The van der Waals surface area contributed by atoms with E-state index in [1.807, 2.05) is 11.0 Å². The number of hydrogen-bond donors (Lipinski definition) is 1. The number of ether oxygens (including phenoxy) is 1. The highest BCUT2D eigenvalue weighted by molar-refractivity contribution is 9.10. The summed E-state index contributed by atoms with van der Waals surface area (Å²) in [4.78, 5) is 16.9. The van der Waals surface area contributed by atoms with Crippen molar-refractivity contribution in [1.29, 1.82) is 0 Å². The summed E-state index contributed by atoms with van der Waals surface area (Å²) in [6, 6.07) is 15.7. The van der Waals surface area contributed by atoms with E-state index in [0.29, 0.717) is 16.4 Å². The molecule has 5 nitrogen and oxygen atoms in total. The van der Waals surface area contributed by atoms with Crippen LogP contribution in [0.5, 0.6) is 5.75 Å². The maximum Gasteiger partial charge on any atom is 0.257 e. The van der Waals surface area contributed by atoms with Crippen LogP contribution < -0.4 is 10.1 Å². The van der Waals surface area contributed by atoms with Crippen molar-refractivity contribution < 1.29 is 9.53 Å². The van der Waals surface area contributed by atoms with Crippen molar-refractivity contribution in [3.63, 3.8) is 0 Å². The third kappa shape index (κ3) is 5.28. The molecule has 27 heavy (non-hydrogen) atoms. The van der Waals surface area contributed by atoms with Crippen LogP contribution in [0.1, 0.15) is 15.9 Å². The number of nitrogens with zero attached hydrogens (tertiary/aromatic N) is 2. The minimum Gasteiger partial charge on any atom is -0.496 e. The molecule has 1 amide bonds. The minimum atomic E-state index is -0.213. The van der Waals surface area contributed by atoms with Gasteiger partial charge in [0, 0.05) is 38.3 Å². The Hall–Kier alpha value is -1.96. The third-order valence-corrected chi connectivity index (χ3v) is 5.52. The zero-order valence-corrected chi connectivity index (χ0v) is 17.6. The topological polar surface area (TPSA) is 44.8 Å². The molecule has 0 saturated carbocycles. The molecule has 0 bridgehead atoms. The Morgan fingerprint density at radius 1 is 1.15 bits per heavy atom. The lowest BCUT2D eigenvalue weighted by atomic mass is 10.2. The normalized spacial score (nSPS) is 14.7. The number of hydrogen-bond acceptors (Lipinski definition) is 4. The summed E-state index contributed by atoms with van der Waals surface area (Å²) in [5.74, 6) is 0.471. The molecule has 0 aliphatic carbocycles.